The van der Waals surface area contributed by atoms with Crippen molar-refractivity contribution in [3.05, 3.63) is 112 Å². The van der Waals surface area contributed by atoms with Gasteiger partial charge < -0.3 is 20.6 Å². The molecule has 4 N–H and O–H groups in total. The summed E-state index contributed by atoms with van der Waals surface area (Å²) in [7, 11) is -1.88. The zero-order valence-corrected chi connectivity index (χ0v) is 27.4. The molecule has 0 saturated carbocycles. The quantitative estimate of drug-likeness (QED) is 0.157. The largest absolute Gasteiger partial charge is 0.389 e. The second-order valence-electron chi connectivity index (χ2n) is 10.9. The third kappa shape index (κ3) is 9.61. The SMILES string of the molecule is CCS(=O)(=O)Nc1cc(C(=O)N[C@@H](Cc2ccccc2)[C@H](O)CN(C)c2nc(C)cs2)cc(C(=O)N[C@H](C)c2ccccc2)c1. The van der Waals surface area contributed by atoms with Gasteiger partial charge in [-0.2, -0.15) is 0 Å². The van der Waals surface area contributed by atoms with Gasteiger partial charge in [0, 0.05) is 30.1 Å². The number of carbonyl (C=O) groups is 2. The van der Waals surface area contributed by atoms with Gasteiger partial charge in [-0.05, 0) is 56.5 Å². The van der Waals surface area contributed by atoms with Crippen molar-refractivity contribution in [2.45, 2.75) is 45.4 Å². The lowest BCUT2D eigenvalue weighted by atomic mass is 9.99. The van der Waals surface area contributed by atoms with Gasteiger partial charge in [-0.1, -0.05) is 60.7 Å². The van der Waals surface area contributed by atoms with Crippen LogP contribution in [0.15, 0.2) is 84.2 Å². The summed E-state index contributed by atoms with van der Waals surface area (Å²) in [4.78, 5) is 33.4. The molecule has 0 aliphatic heterocycles. The van der Waals surface area contributed by atoms with Gasteiger partial charge in [0.15, 0.2) is 5.13 Å². The molecule has 0 radical (unpaired) electrons. The number of hydrogen-bond donors (Lipinski definition) is 4. The summed E-state index contributed by atoms with van der Waals surface area (Å²) >= 11 is 1.46. The number of carbonyl (C=O) groups excluding carboxylic acids is 2. The molecule has 45 heavy (non-hydrogen) atoms. The van der Waals surface area contributed by atoms with Crippen LogP contribution in [0.2, 0.25) is 0 Å². The fraction of sp³-hybridized carbons (Fsp3) is 0.303. The topological polar surface area (TPSA) is 141 Å². The normalized spacial score (nSPS) is 13.4. The number of benzene rings is 3. The number of nitrogens with one attached hydrogen (secondary N) is 3. The van der Waals surface area contributed by atoms with E-state index in [1.54, 1.807) is 0 Å². The summed E-state index contributed by atoms with van der Waals surface area (Å²) in [5.41, 5.74) is 2.94. The van der Waals surface area contributed by atoms with Crippen molar-refractivity contribution in [2.75, 3.05) is 29.0 Å². The molecule has 4 rings (SSSR count). The molecule has 1 heterocycles. The van der Waals surface area contributed by atoms with E-state index in [2.05, 4.69) is 20.3 Å². The number of aryl methyl sites for hydroxylation is 1. The molecule has 0 saturated heterocycles. The molecule has 4 aromatic rings. The highest BCUT2D eigenvalue weighted by Gasteiger charge is 2.26. The molecule has 0 aliphatic rings. The van der Waals surface area contributed by atoms with Crippen LogP contribution in [0, 0.1) is 6.92 Å². The summed E-state index contributed by atoms with van der Waals surface area (Å²) in [5, 5.41) is 19.9. The summed E-state index contributed by atoms with van der Waals surface area (Å²) in [6, 6.07) is 22.0. The van der Waals surface area contributed by atoms with E-state index >= 15 is 0 Å². The number of likely N-dealkylation sites (N-methyl/N-ethyl adjacent to an activating group) is 1. The van der Waals surface area contributed by atoms with Gasteiger partial charge in [-0.25, -0.2) is 13.4 Å². The molecule has 10 nitrogen and oxygen atoms in total. The van der Waals surface area contributed by atoms with Crippen molar-refractivity contribution in [3.63, 3.8) is 0 Å². The number of hydrogen-bond acceptors (Lipinski definition) is 8. The maximum Gasteiger partial charge on any atom is 0.251 e. The number of rotatable bonds is 14. The second-order valence-corrected chi connectivity index (χ2v) is 13.7. The first-order valence-corrected chi connectivity index (χ1v) is 17.1. The minimum atomic E-state index is -3.70. The average molecular weight is 650 g/mol. The van der Waals surface area contributed by atoms with E-state index in [0.717, 1.165) is 22.0 Å². The van der Waals surface area contributed by atoms with Crippen LogP contribution in [-0.2, 0) is 16.4 Å². The van der Waals surface area contributed by atoms with Crippen molar-refractivity contribution in [3.8, 4) is 0 Å². The monoisotopic (exact) mass is 649 g/mol. The van der Waals surface area contributed by atoms with Crippen LogP contribution in [-0.4, -0.2) is 61.8 Å². The third-order valence-electron chi connectivity index (χ3n) is 7.23. The lowest BCUT2D eigenvalue weighted by Crippen LogP contribution is -2.49. The summed E-state index contributed by atoms with van der Waals surface area (Å²) < 4.78 is 27.3. The van der Waals surface area contributed by atoms with Gasteiger partial charge in [-0.3, -0.25) is 14.3 Å². The Labute approximate surface area is 268 Å². The van der Waals surface area contributed by atoms with E-state index in [0.29, 0.717) is 6.42 Å². The van der Waals surface area contributed by atoms with Gasteiger partial charge in [-0.15, -0.1) is 11.3 Å². The van der Waals surface area contributed by atoms with Crippen LogP contribution >= 0.6 is 11.3 Å². The molecule has 0 unspecified atom stereocenters. The van der Waals surface area contributed by atoms with E-state index in [9.17, 15) is 23.1 Å². The average Bonchev–Trinajstić information content (AvgIpc) is 3.47. The molecule has 238 valence electrons. The van der Waals surface area contributed by atoms with Crippen molar-refractivity contribution in [2.24, 2.45) is 0 Å². The van der Waals surface area contributed by atoms with E-state index in [1.165, 1.54) is 36.5 Å². The Morgan fingerprint density at radius 2 is 1.56 bits per heavy atom. The number of sulfonamides is 1. The number of amides is 2. The number of aliphatic hydroxyl groups is 1. The Morgan fingerprint density at radius 1 is 0.956 bits per heavy atom. The molecular weight excluding hydrogens is 611 g/mol. The zero-order valence-electron chi connectivity index (χ0n) is 25.7. The van der Waals surface area contributed by atoms with Crippen LogP contribution in [0.4, 0.5) is 10.8 Å². The summed E-state index contributed by atoms with van der Waals surface area (Å²) in [6.45, 7) is 5.43. The smallest absolute Gasteiger partial charge is 0.251 e. The minimum Gasteiger partial charge on any atom is -0.389 e. The molecule has 0 aliphatic carbocycles. The highest BCUT2D eigenvalue weighted by Crippen LogP contribution is 2.22. The van der Waals surface area contributed by atoms with E-state index in [1.807, 2.05) is 91.8 Å². The Bertz CT molecular complexity index is 1700. The lowest BCUT2D eigenvalue weighted by molar-refractivity contribution is 0.0843. The fourth-order valence-corrected chi connectivity index (χ4v) is 6.11. The van der Waals surface area contributed by atoms with Crippen LogP contribution in [0.5, 0.6) is 0 Å². The van der Waals surface area contributed by atoms with Crippen molar-refractivity contribution in [1.29, 1.82) is 0 Å². The Morgan fingerprint density at radius 3 is 2.13 bits per heavy atom. The number of thiazole rings is 1. The second kappa shape index (κ2) is 15.2. The highest BCUT2D eigenvalue weighted by atomic mass is 32.2. The first kappa shape index (κ1) is 33.6. The van der Waals surface area contributed by atoms with Gasteiger partial charge in [0.1, 0.15) is 0 Å². The first-order chi connectivity index (χ1) is 21.4. The van der Waals surface area contributed by atoms with Gasteiger partial charge in [0.05, 0.1) is 35.3 Å². The zero-order chi connectivity index (χ0) is 32.6. The van der Waals surface area contributed by atoms with Gasteiger partial charge in [0.25, 0.3) is 11.8 Å². The molecule has 0 bridgehead atoms. The number of aliphatic hydroxyl groups excluding tert-OH is 1. The number of aromatic nitrogens is 1. The molecule has 3 atom stereocenters. The molecule has 3 aromatic carbocycles. The molecule has 2 amide bonds. The summed E-state index contributed by atoms with van der Waals surface area (Å²) in [5.74, 6) is -1.22. The molecule has 1 aromatic heterocycles. The maximum absolute atomic E-state index is 13.8. The molecule has 0 spiro atoms. The number of anilines is 2. The Hall–Kier alpha value is -4.26. The lowest BCUT2D eigenvalue weighted by Gasteiger charge is -2.28. The van der Waals surface area contributed by atoms with E-state index in [4.69, 9.17) is 0 Å². The van der Waals surface area contributed by atoms with Crippen molar-refractivity contribution >= 4 is 44.0 Å². The molecule has 0 fully saturated rings. The van der Waals surface area contributed by atoms with Crippen LogP contribution in [0.1, 0.15) is 57.4 Å². The van der Waals surface area contributed by atoms with Crippen LogP contribution in [0.25, 0.3) is 0 Å². The van der Waals surface area contributed by atoms with E-state index in [-0.39, 0.29) is 35.2 Å². The van der Waals surface area contributed by atoms with Crippen molar-refractivity contribution in [1.82, 2.24) is 15.6 Å². The Balaban J connectivity index is 1.61. The minimum absolute atomic E-state index is 0.0676. The van der Waals surface area contributed by atoms with E-state index < -0.39 is 34.0 Å². The first-order valence-electron chi connectivity index (χ1n) is 14.6. The van der Waals surface area contributed by atoms with Crippen LogP contribution < -0.4 is 20.3 Å². The van der Waals surface area contributed by atoms with Gasteiger partial charge >= 0.3 is 0 Å². The highest BCUT2D eigenvalue weighted by molar-refractivity contribution is 7.92. The Kier molecular flexibility index (Phi) is 11.3. The molecule has 12 heteroatoms. The summed E-state index contributed by atoms with van der Waals surface area (Å²) in [6.07, 6.45) is -0.651. The van der Waals surface area contributed by atoms with Crippen LogP contribution in [0.3, 0.4) is 0 Å². The fourth-order valence-electron chi connectivity index (χ4n) is 4.71. The molecular formula is C33H39N5O5S2. The van der Waals surface area contributed by atoms with Crippen molar-refractivity contribution < 1.29 is 23.1 Å². The standard InChI is InChI=1S/C33H39N5O5S2/c1-5-45(42,43)37-28-18-26(31(40)35-23(3)25-14-10-7-11-15-25)17-27(19-28)32(41)36-29(16-24-12-8-6-9-13-24)30(39)20-38(4)33-34-22(2)21-44-33/h6-15,17-19,21,23,29-30,37,39H,5,16,20H2,1-4H3,(H,35,40)(H,36,41)/t23-,29+,30-/m1/s1. The maximum atomic E-state index is 13.8. The predicted octanol–water partition coefficient (Wildman–Crippen LogP) is 4.54. The number of nitrogens with zero attached hydrogens (tertiary/aromatic N) is 2. The third-order valence-corrected chi connectivity index (χ3v) is 9.61. The van der Waals surface area contributed by atoms with Gasteiger partial charge in [0.2, 0.25) is 10.0 Å². The predicted molar refractivity (Wildman–Crippen MR) is 179 cm³/mol.